The van der Waals surface area contributed by atoms with E-state index in [1.54, 1.807) is 0 Å². The van der Waals surface area contributed by atoms with Gasteiger partial charge in [0.1, 0.15) is 0 Å². The summed E-state index contributed by atoms with van der Waals surface area (Å²) < 4.78 is 38.3. The predicted molar refractivity (Wildman–Crippen MR) is 111 cm³/mol. The van der Waals surface area contributed by atoms with E-state index in [1.165, 1.54) is 6.21 Å². The molecule has 2 rings (SSSR count). The molecule has 0 aliphatic rings. The molecule has 30 heavy (non-hydrogen) atoms. The van der Waals surface area contributed by atoms with Crippen molar-refractivity contribution in [3.63, 3.8) is 0 Å². The number of hydrogen-bond donors (Lipinski definition) is 2. The Morgan fingerprint density at radius 1 is 1.07 bits per heavy atom. The van der Waals surface area contributed by atoms with Gasteiger partial charge in [-0.1, -0.05) is 23.7 Å². The van der Waals surface area contributed by atoms with Gasteiger partial charge >= 0.3 is 6.18 Å². The number of amides is 2. The van der Waals surface area contributed by atoms with Crippen LogP contribution in [0.25, 0.3) is 0 Å². The van der Waals surface area contributed by atoms with Crippen LogP contribution in [0.3, 0.4) is 0 Å². The van der Waals surface area contributed by atoms with Gasteiger partial charge in [0.25, 0.3) is 0 Å². The molecule has 0 bridgehead atoms. The van der Waals surface area contributed by atoms with Gasteiger partial charge in [-0.05, 0) is 35.9 Å². The molecular weight excluding hydrogens is 421 g/mol. The molecule has 0 unspecified atom stereocenters. The van der Waals surface area contributed by atoms with Gasteiger partial charge in [0.2, 0.25) is 11.8 Å². The van der Waals surface area contributed by atoms with Crippen molar-refractivity contribution in [3.8, 4) is 0 Å². The number of hydrogen-bond acceptors (Lipinski definition) is 4. The molecule has 0 atom stereocenters. The lowest BCUT2D eigenvalue weighted by molar-refractivity contribution is -0.137. The van der Waals surface area contributed by atoms with Crippen molar-refractivity contribution < 1.29 is 22.8 Å². The zero-order valence-electron chi connectivity index (χ0n) is 16.3. The van der Waals surface area contributed by atoms with E-state index in [4.69, 9.17) is 11.6 Å². The highest BCUT2D eigenvalue weighted by Gasteiger charge is 2.31. The van der Waals surface area contributed by atoms with Crippen molar-refractivity contribution in [3.05, 3.63) is 58.6 Å². The Hall–Kier alpha value is -3.07. The largest absolute Gasteiger partial charge is 0.416 e. The third-order valence-electron chi connectivity index (χ3n) is 3.96. The van der Waals surface area contributed by atoms with Crippen LogP contribution in [-0.4, -0.2) is 32.1 Å². The number of nitrogens with zero attached hydrogens (tertiary/aromatic N) is 2. The predicted octanol–water partition coefficient (Wildman–Crippen LogP) is 4.29. The Kier molecular flexibility index (Phi) is 7.82. The Balaban J connectivity index is 1.82. The van der Waals surface area contributed by atoms with E-state index in [1.807, 2.05) is 43.3 Å². The normalized spacial score (nSPS) is 11.4. The molecule has 10 heteroatoms. The van der Waals surface area contributed by atoms with Crippen LogP contribution in [0, 0.1) is 0 Å². The minimum absolute atomic E-state index is 0.0364. The molecular formula is C20H20ClF3N4O2. The molecule has 0 saturated heterocycles. The lowest BCUT2D eigenvalue weighted by atomic mass is 10.2. The standard InChI is InChI=1S/C20H20ClF3N4O2/c1-28(2)15-6-3-13(4-7-15)12-25-27-19(30)10-9-18(29)26-17-11-14(20(22,23)24)5-8-16(17)21/h3-8,11-12H,9-10H2,1-2H3,(H,26,29)(H,27,30)/b25-12-. The summed E-state index contributed by atoms with van der Waals surface area (Å²) in [7, 11) is 3.83. The zero-order valence-corrected chi connectivity index (χ0v) is 17.0. The van der Waals surface area contributed by atoms with Crippen molar-refractivity contribution in [1.29, 1.82) is 0 Å². The van der Waals surface area contributed by atoms with E-state index in [9.17, 15) is 22.8 Å². The highest BCUT2D eigenvalue weighted by Crippen LogP contribution is 2.33. The van der Waals surface area contributed by atoms with Gasteiger partial charge in [-0.3, -0.25) is 9.59 Å². The monoisotopic (exact) mass is 440 g/mol. The maximum absolute atomic E-state index is 12.8. The van der Waals surface area contributed by atoms with E-state index in [0.29, 0.717) is 0 Å². The Morgan fingerprint density at radius 2 is 1.70 bits per heavy atom. The van der Waals surface area contributed by atoms with E-state index in [2.05, 4.69) is 15.8 Å². The van der Waals surface area contributed by atoms with E-state index in [0.717, 1.165) is 29.4 Å². The van der Waals surface area contributed by atoms with E-state index >= 15 is 0 Å². The van der Waals surface area contributed by atoms with Crippen LogP contribution >= 0.6 is 11.6 Å². The van der Waals surface area contributed by atoms with Crippen molar-refractivity contribution in [1.82, 2.24) is 5.43 Å². The SMILES string of the molecule is CN(C)c1ccc(/C=N\NC(=O)CCC(=O)Nc2cc(C(F)(F)F)ccc2Cl)cc1. The summed E-state index contributed by atoms with van der Waals surface area (Å²) in [5.41, 5.74) is 2.98. The van der Waals surface area contributed by atoms with Gasteiger partial charge in [-0.2, -0.15) is 18.3 Å². The van der Waals surface area contributed by atoms with Crippen LogP contribution in [-0.2, 0) is 15.8 Å². The topological polar surface area (TPSA) is 73.8 Å². The van der Waals surface area contributed by atoms with Crippen molar-refractivity contribution >= 4 is 41.0 Å². The second-order valence-corrected chi connectivity index (χ2v) is 6.93. The van der Waals surface area contributed by atoms with Crippen LogP contribution in [0.2, 0.25) is 5.02 Å². The summed E-state index contributed by atoms with van der Waals surface area (Å²) in [6.07, 6.45) is -3.54. The molecule has 2 N–H and O–H groups in total. The highest BCUT2D eigenvalue weighted by molar-refractivity contribution is 6.33. The van der Waals surface area contributed by atoms with Crippen LogP contribution < -0.4 is 15.6 Å². The fourth-order valence-electron chi connectivity index (χ4n) is 2.33. The number of anilines is 2. The smallest absolute Gasteiger partial charge is 0.378 e. The summed E-state index contributed by atoms with van der Waals surface area (Å²) >= 11 is 5.82. The second-order valence-electron chi connectivity index (χ2n) is 6.52. The zero-order chi connectivity index (χ0) is 22.3. The van der Waals surface area contributed by atoms with Gasteiger partial charge < -0.3 is 10.2 Å². The number of benzene rings is 2. The van der Waals surface area contributed by atoms with Crippen molar-refractivity contribution in [2.45, 2.75) is 19.0 Å². The molecule has 0 aromatic heterocycles. The Morgan fingerprint density at radius 3 is 2.30 bits per heavy atom. The van der Waals surface area contributed by atoms with Crippen molar-refractivity contribution in [2.75, 3.05) is 24.3 Å². The summed E-state index contributed by atoms with van der Waals surface area (Å²) in [5.74, 6) is -1.16. The molecule has 6 nitrogen and oxygen atoms in total. The minimum atomic E-state index is -4.56. The lowest BCUT2D eigenvalue weighted by Gasteiger charge is -2.11. The fraction of sp³-hybridized carbons (Fsp3) is 0.250. The maximum atomic E-state index is 12.8. The number of alkyl halides is 3. The molecule has 2 amide bonds. The van der Waals surface area contributed by atoms with E-state index < -0.39 is 23.6 Å². The van der Waals surface area contributed by atoms with Crippen LogP contribution in [0.4, 0.5) is 24.5 Å². The Labute approximate surface area is 176 Å². The Bertz CT molecular complexity index is 929. The molecule has 0 heterocycles. The number of hydrazone groups is 1. The number of carbonyl (C=O) groups is 2. The first-order chi connectivity index (χ1) is 14.1. The first-order valence-corrected chi connectivity index (χ1v) is 9.20. The molecule has 0 aliphatic heterocycles. The molecule has 0 saturated carbocycles. The average Bonchev–Trinajstić information content (AvgIpc) is 2.67. The summed E-state index contributed by atoms with van der Waals surface area (Å²) in [6.45, 7) is 0. The molecule has 2 aromatic rings. The third kappa shape index (κ3) is 7.07. The molecule has 0 spiro atoms. The summed E-state index contributed by atoms with van der Waals surface area (Å²) in [6, 6.07) is 10.1. The van der Waals surface area contributed by atoms with Crippen molar-refractivity contribution in [2.24, 2.45) is 5.10 Å². The average molecular weight is 441 g/mol. The molecule has 0 fully saturated rings. The van der Waals surface area contributed by atoms with Crippen LogP contribution in [0.5, 0.6) is 0 Å². The molecule has 0 aliphatic carbocycles. The first-order valence-electron chi connectivity index (χ1n) is 8.82. The second kappa shape index (κ2) is 10.1. The molecule has 2 aromatic carbocycles. The van der Waals surface area contributed by atoms with Gasteiger partial charge in [-0.15, -0.1) is 0 Å². The minimum Gasteiger partial charge on any atom is -0.378 e. The first kappa shape index (κ1) is 23.2. The third-order valence-corrected chi connectivity index (χ3v) is 4.29. The lowest BCUT2D eigenvalue weighted by Crippen LogP contribution is -2.21. The van der Waals surface area contributed by atoms with Crippen LogP contribution in [0.15, 0.2) is 47.6 Å². The summed E-state index contributed by atoms with van der Waals surface area (Å²) in [4.78, 5) is 25.7. The quantitative estimate of drug-likeness (QED) is 0.498. The maximum Gasteiger partial charge on any atom is 0.416 e. The van der Waals surface area contributed by atoms with Crippen LogP contribution in [0.1, 0.15) is 24.0 Å². The van der Waals surface area contributed by atoms with Gasteiger partial charge in [-0.25, -0.2) is 5.43 Å². The number of nitrogens with one attached hydrogen (secondary N) is 2. The molecule has 0 radical (unpaired) electrons. The fourth-order valence-corrected chi connectivity index (χ4v) is 2.50. The highest BCUT2D eigenvalue weighted by atomic mass is 35.5. The van der Waals surface area contributed by atoms with E-state index in [-0.39, 0.29) is 23.6 Å². The van der Waals surface area contributed by atoms with Gasteiger partial charge in [0.15, 0.2) is 0 Å². The summed E-state index contributed by atoms with van der Waals surface area (Å²) in [5, 5.41) is 6.06. The number of halogens is 4. The number of rotatable bonds is 7. The van der Waals surface area contributed by atoms with Gasteiger partial charge in [0.05, 0.1) is 22.5 Å². The van der Waals surface area contributed by atoms with Gasteiger partial charge in [0, 0.05) is 32.6 Å². The number of carbonyl (C=O) groups excluding carboxylic acids is 2. The molecule has 160 valence electrons.